The first kappa shape index (κ1) is 14.4. The Kier molecular flexibility index (Phi) is 3.92. The normalized spacial score (nSPS) is 18.5. The summed E-state index contributed by atoms with van der Waals surface area (Å²) in [6, 6.07) is 2.21. The average molecular weight is 333 g/mol. The van der Waals surface area contributed by atoms with Gasteiger partial charge in [-0.3, -0.25) is 4.79 Å². The van der Waals surface area contributed by atoms with Gasteiger partial charge in [0.15, 0.2) is 0 Å². The van der Waals surface area contributed by atoms with E-state index < -0.39 is 28.6 Å². The Morgan fingerprint density at radius 3 is 2.47 bits per heavy atom. The van der Waals surface area contributed by atoms with E-state index in [1.54, 1.807) is 0 Å². The second-order valence-corrected chi connectivity index (χ2v) is 6.11. The fourth-order valence-corrected chi connectivity index (χ4v) is 2.64. The van der Waals surface area contributed by atoms with E-state index in [-0.39, 0.29) is 4.47 Å². The molecular formula is C13H15BrF2N2O. The molecule has 19 heavy (non-hydrogen) atoms. The van der Waals surface area contributed by atoms with Crippen molar-refractivity contribution in [2.24, 2.45) is 0 Å². The maximum Gasteiger partial charge on any atom is 0.260 e. The van der Waals surface area contributed by atoms with Crippen molar-refractivity contribution >= 4 is 21.8 Å². The first-order chi connectivity index (χ1) is 8.83. The van der Waals surface area contributed by atoms with Crippen LogP contribution in [0.1, 0.15) is 24.2 Å². The Balaban J connectivity index is 2.39. The zero-order valence-corrected chi connectivity index (χ0v) is 12.4. The number of benzene rings is 1. The van der Waals surface area contributed by atoms with Gasteiger partial charge in [0.2, 0.25) is 0 Å². The lowest BCUT2D eigenvalue weighted by Crippen LogP contribution is -2.60. The Hall–Kier alpha value is -1.01. The van der Waals surface area contributed by atoms with Gasteiger partial charge >= 0.3 is 0 Å². The monoisotopic (exact) mass is 332 g/mol. The molecule has 0 saturated carbocycles. The van der Waals surface area contributed by atoms with Crippen LogP contribution >= 0.6 is 15.9 Å². The van der Waals surface area contributed by atoms with Gasteiger partial charge < -0.3 is 10.2 Å². The highest BCUT2D eigenvalue weighted by Gasteiger charge is 2.35. The van der Waals surface area contributed by atoms with E-state index in [1.807, 2.05) is 13.8 Å². The third kappa shape index (κ3) is 2.79. The molecule has 0 unspecified atom stereocenters. The van der Waals surface area contributed by atoms with Crippen LogP contribution in [0.5, 0.6) is 0 Å². The molecule has 1 N–H and O–H groups in total. The minimum atomic E-state index is -0.841. The van der Waals surface area contributed by atoms with Gasteiger partial charge in [-0.05, 0) is 26.0 Å². The van der Waals surface area contributed by atoms with E-state index in [0.29, 0.717) is 19.6 Å². The molecule has 1 aromatic carbocycles. The fourth-order valence-electron chi connectivity index (χ4n) is 2.24. The molecule has 1 saturated heterocycles. The summed E-state index contributed by atoms with van der Waals surface area (Å²) in [5.41, 5.74) is -0.959. The van der Waals surface area contributed by atoms with Crippen LogP contribution in [0.2, 0.25) is 0 Å². The summed E-state index contributed by atoms with van der Waals surface area (Å²) < 4.78 is 27.9. The SMILES string of the molecule is CC1(C)CNCCN1C(=O)c1c(F)cc(Br)cc1F. The molecule has 6 heteroatoms. The highest BCUT2D eigenvalue weighted by molar-refractivity contribution is 9.10. The summed E-state index contributed by atoms with van der Waals surface area (Å²) in [4.78, 5) is 13.9. The number of rotatable bonds is 1. The van der Waals surface area contributed by atoms with Crippen molar-refractivity contribution in [1.29, 1.82) is 0 Å². The van der Waals surface area contributed by atoms with Crippen LogP contribution in [-0.4, -0.2) is 36.0 Å². The molecular weight excluding hydrogens is 318 g/mol. The van der Waals surface area contributed by atoms with E-state index in [9.17, 15) is 13.6 Å². The Labute approximate surface area is 119 Å². The topological polar surface area (TPSA) is 32.3 Å². The lowest BCUT2D eigenvalue weighted by Gasteiger charge is -2.42. The van der Waals surface area contributed by atoms with Gasteiger partial charge in [0.05, 0.1) is 5.54 Å². The zero-order chi connectivity index (χ0) is 14.2. The maximum atomic E-state index is 13.8. The first-order valence-electron chi connectivity index (χ1n) is 6.00. The number of nitrogens with zero attached hydrogens (tertiary/aromatic N) is 1. The third-order valence-corrected chi connectivity index (χ3v) is 3.72. The lowest BCUT2D eigenvalue weighted by atomic mass is 9.98. The van der Waals surface area contributed by atoms with Gasteiger partial charge in [-0.15, -0.1) is 0 Å². The van der Waals surface area contributed by atoms with Crippen LogP contribution in [0.15, 0.2) is 16.6 Å². The number of piperazine rings is 1. The van der Waals surface area contributed by atoms with E-state index in [4.69, 9.17) is 0 Å². The molecule has 1 amide bonds. The van der Waals surface area contributed by atoms with Crippen LogP contribution in [0.25, 0.3) is 0 Å². The highest BCUT2D eigenvalue weighted by Crippen LogP contribution is 2.25. The van der Waals surface area contributed by atoms with Crippen LogP contribution < -0.4 is 5.32 Å². The number of halogens is 3. The molecule has 0 aliphatic carbocycles. The molecule has 1 aliphatic heterocycles. The number of nitrogens with one attached hydrogen (secondary N) is 1. The Bertz CT molecular complexity index is 496. The summed E-state index contributed by atoms with van der Waals surface area (Å²) in [6.07, 6.45) is 0. The highest BCUT2D eigenvalue weighted by atomic mass is 79.9. The van der Waals surface area contributed by atoms with Gasteiger partial charge in [0.1, 0.15) is 17.2 Å². The Morgan fingerprint density at radius 2 is 1.95 bits per heavy atom. The van der Waals surface area contributed by atoms with Crippen molar-refractivity contribution < 1.29 is 13.6 Å². The molecule has 0 bridgehead atoms. The number of amides is 1. The van der Waals surface area contributed by atoms with Crippen molar-refractivity contribution in [3.8, 4) is 0 Å². The van der Waals surface area contributed by atoms with Gasteiger partial charge in [-0.25, -0.2) is 8.78 Å². The maximum absolute atomic E-state index is 13.8. The summed E-state index contributed by atoms with van der Waals surface area (Å²) in [5, 5.41) is 3.16. The molecule has 1 fully saturated rings. The van der Waals surface area contributed by atoms with Crippen LogP contribution in [0.4, 0.5) is 8.78 Å². The average Bonchev–Trinajstić information content (AvgIpc) is 2.26. The Morgan fingerprint density at radius 1 is 1.37 bits per heavy atom. The second-order valence-electron chi connectivity index (χ2n) is 5.19. The summed E-state index contributed by atoms with van der Waals surface area (Å²) in [5.74, 6) is -2.29. The molecule has 0 aromatic heterocycles. The van der Waals surface area contributed by atoms with Crippen molar-refractivity contribution in [2.45, 2.75) is 19.4 Å². The zero-order valence-electron chi connectivity index (χ0n) is 10.8. The molecule has 2 rings (SSSR count). The summed E-state index contributed by atoms with van der Waals surface area (Å²) in [7, 11) is 0. The van der Waals surface area contributed by atoms with Crippen LogP contribution in [-0.2, 0) is 0 Å². The molecule has 104 valence electrons. The minimum Gasteiger partial charge on any atom is -0.331 e. The van der Waals surface area contributed by atoms with Gasteiger partial charge in [0, 0.05) is 24.1 Å². The molecule has 1 heterocycles. The molecule has 1 aromatic rings. The lowest BCUT2D eigenvalue weighted by molar-refractivity contribution is 0.0468. The number of carbonyl (C=O) groups is 1. The molecule has 0 atom stereocenters. The van der Waals surface area contributed by atoms with Crippen molar-refractivity contribution in [3.63, 3.8) is 0 Å². The van der Waals surface area contributed by atoms with Crippen molar-refractivity contribution in [3.05, 3.63) is 33.8 Å². The molecule has 3 nitrogen and oxygen atoms in total. The number of hydrogen-bond donors (Lipinski definition) is 1. The standard InChI is InChI=1S/C13H15BrF2N2O/c1-13(2)7-17-3-4-18(13)12(19)11-9(15)5-8(14)6-10(11)16/h5-6,17H,3-4,7H2,1-2H3. The quantitative estimate of drug-likeness (QED) is 0.857. The minimum absolute atomic E-state index is 0.277. The van der Waals surface area contributed by atoms with Crippen molar-refractivity contribution in [1.82, 2.24) is 10.2 Å². The molecule has 0 radical (unpaired) electrons. The number of hydrogen-bond acceptors (Lipinski definition) is 2. The van der Waals surface area contributed by atoms with E-state index in [1.165, 1.54) is 4.90 Å². The predicted molar refractivity (Wildman–Crippen MR) is 72.0 cm³/mol. The summed E-state index contributed by atoms with van der Waals surface area (Å²) >= 11 is 3.00. The second kappa shape index (κ2) is 5.17. The smallest absolute Gasteiger partial charge is 0.260 e. The van der Waals surface area contributed by atoms with Crippen LogP contribution in [0.3, 0.4) is 0 Å². The first-order valence-corrected chi connectivity index (χ1v) is 6.79. The number of carbonyl (C=O) groups excluding carboxylic acids is 1. The third-order valence-electron chi connectivity index (χ3n) is 3.27. The van der Waals surface area contributed by atoms with Crippen molar-refractivity contribution in [2.75, 3.05) is 19.6 Å². The largest absolute Gasteiger partial charge is 0.331 e. The van der Waals surface area contributed by atoms with Gasteiger partial charge in [-0.1, -0.05) is 15.9 Å². The predicted octanol–water partition coefficient (Wildman–Crippen LogP) is 2.55. The van der Waals surface area contributed by atoms with E-state index in [0.717, 1.165) is 12.1 Å². The molecule has 0 spiro atoms. The van der Waals surface area contributed by atoms with Gasteiger partial charge in [0.25, 0.3) is 5.91 Å². The summed E-state index contributed by atoms with van der Waals surface area (Å²) in [6.45, 7) is 5.38. The molecule has 1 aliphatic rings. The fraction of sp³-hybridized carbons (Fsp3) is 0.462. The van der Waals surface area contributed by atoms with Gasteiger partial charge in [-0.2, -0.15) is 0 Å². The van der Waals surface area contributed by atoms with E-state index >= 15 is 0 Å². The van der Waals surface area contributed by atoms with E-state index in [2.05, 4.69) is 21.2 Å². The van der Waals surface area contributed by atoms with Crippen LogP contribution in [0, 0.1) is 11.6 Å².